The molecule has 1 atom stereocenters. The second-order valence-corrected chi connectivity index (χ2v) is 4.34. The Morgan fingerprint density at radius 2 is 2.21 bits per heavy atom. The Morgan fingerprint density at radius 1 is 1.53 bits per heavy atom. The van der Waals surface area contributed by atoms with Gasteiger partial charge < -0.3 is 15.5 Å². The minimum absolute atomic E-state index is 0. The number of hydrogen-bond acceptors (Lipinski definition) is 4. The van der Waals surface area contributed by atoms with Crippen LogP contribution in [0.1, 0.15) is 13.3 Å². The highest BCUT2D eigenvalue weighted by Gasteiger charge is 2.09. The number of aromatic nitrogens is 1. The molecule has 7 heteroatoms. The molecule has 1 aromatic carbocycles. The highest BCUT2D eigenvalue weighted by molar-refractivity contribution is 5.93. The van der Waals surface area contributed by atoms with Crippen molar-refractivity contribution in [3.05, 3.63) is 28.7 Å². The summed E-state index contributed by atoms with van der Waals surface area (Å²) in [6.07, 6.45) is 0.252. The Morgan fingerprint density at radius 3 is 2.84 bits per heavy atom. The molecule has 19 heavy (non-hydrogen) atoms. The van der Waals surface area contributed by atoms with Crippen LogP contribution in [-0.2, 0) is 11.8 Å². The Balaban J connectivity index is 0.00000180. The molecule has 1 aromatic heterocycles. The molecule has 0 spiro atoms. The maximum Gasteiger partial charge on any atom is 0.419 e. The lowest BCUT2D eigenvalue weighted by Crippen LogP contribution is -2.23. The number of aryl methyl sites for hydroxylation is 1. The van der Waals surface area contributed by atoms with Crippen LogP contribution in [0.2, 0.25) is 0 Å². The standard InChI is InChI=1S/C12H15N3O3.ClH/c1-7(13)5-11(16)14-8-3-4-10-9(6-8)15(2)12(17)18-10;/h3-4,6-7H,5,13H2,1-2H3,(H,14,16);1H. The van der Waals surface area contributed by atoms with Gasteiger partial charge in [-0.2, -0.15) is 0 Å². The van der Waals surface area contributed by atoms with Crippen molar-refractivity contribution in [2.75, 3.05) is 5.32 Å². The highest BCUT2D eigenvalue weighted by atomic mass is 35.5. The largest absolute Gasteiger partial charge is 0.419 e. The summed E-state index contributed by atoms with van der Waals surface area (Å²) >= 11 is 0. The normalized spacial score (nSPS) is 11.9. The van der Waals surface area contributed by atoms with Crippen LogP contribution in [0.15, 0.2) is 27.4 Å². The van der Waals surface area contributed by atoms with Crippen molar-refractivity contribution in [1.82, 2.24) is 4.57 Å². The van der Waals surface area contributed by atoms with Gasteiger partial charge >= 0.3 is 5.76 Å². The predicted molar refractivity (Wildman–Crippen MR) is 75.6 cm³/mol. The van der Waals surface area contributed by atoms with Crippen molar-refractivity contribution in [3.8, 4) is 0 Å². The molecule has 0 saturated heterocycles. The van der Waals surface area contributed by atoms with E-state index in [9.17, 15) is 9.59 Å². The minimum atomic E-state index is -0.427. The Kier molecular flexibility index (Phi) is 4.74. The number of carbonyl (C=O) groups excluding carboxylic acids is 1. The van der Waals surface area contributed by atoms with Crippen LogP contribution in [0.25, 0.3) is 11.1 Å². The van der Waals surface area contributed by atoms with Gasteiger partial charge in [0.15, 0.2) is 5.58 Å². The summed E-state index contributed by atoms with van der Waals surface area (Å²) in [6, 6.07) is 4.84. The lowest BCUT2D eigenvalue weighted by molar-refractivity contribution is -0.116. The molecule has 3 N–H and O–H groups in total. The number of halogens is 1. The third-order valence-electron chi connectivity index (χ3n) is 2.58. The number of fused-ring (bicyclic) bond motifs is 1. The van der Waals surface area contributed by atoms with Crippen molar-refractivity contribution >= 4 is 35.1 Å². The van der Waals surface area contributed by atoms with Gasteiger partial charge in [-0.1, -0.05) is 0 Å². The lowest BCUT2D eigenvalue weighted by Gasteiger charge is -2.07. The summed E-state index contributed by atoms with van der Waals surface area (Å²) in [7, 11) is 1.61. The molecule has 0 aliphatic heterocycles. The number of nitrogens with zero attached hydrogens (tertiary/aromatic N) is 1. The fraction of sp³-hybridized carbons (Fsp3) is 0.333. The maximum atomic E-state index is 11.6. The van der Waals surface area contributed by atoms with Gasteiger partial charge in [-0.05, 0) is 25.1 Å². The van der Waals surface area contributed by atoms with Gasteiger partial charge in [-0.15, -0.1) is 12.4 Å². The lowest BCUT2D eigenvalue weighted by atomic mass is 10.2. The van der Waals surface area contributed by atoms with E-state index >= 15 is 0 Å². The van der Waals surface area contributed by atoms with E-state index in [1.807, 2.05) is 0 Å². The van der Waals surface area contributed by atoms with E-state index in [1.54, 1.807) is 32.2 Å². The molecule has 2 rings (SSSR count). The minimum Gasteiger partial charge on any atom is -0.408 e. The van der Waals surface area contributed by atoms with E-state index in [4.69, 9.17) is 10.2 Å². The molecule has 6 nitrogen and oxygen atoms in total. The maximum absolute atomic E-state index is 11.6. The quantitative estimate of drug-likeness (QED) is 0.887. The molecule has 1 heterocycles. The number of nitrogens with two attached hydrogens (primary N) is 1. The summed E-state index contributed by atoms with van der Waals surface area (Å²) in [5, 5.41) is 2.73. The topological polar surface area (TPSA) is 90.3 Å². The Bertz CT molecular complexity index is 645. The Labute approximate surface area is 116 Å². The number of oxazole rings is 1. The van der Waals surface area contributed by atoms with Crippen LogP contribution in [-0.4, -0.2) is 16.5 Å². The van der Waals surface area contributed by atoms with Gasteiger partial charge in [-0.3, -0.25) is 9.36 Å². The fourth-order valence-corrected chi connectivity index (χ4v) is 1.71. The molecular weight excluding hydrogens is 270 g/mol. The van der Waals surface area contributed by atoms with Crippen molar-refractivity contribution in [1.29, 1.82) is 0 Å². The van der Waals surface area contributed by atoms with Crippen LogP contribution in [0.5, 0.6) is 0 Å². The number of rotatable bonds is 3. The van der Waals surface area contributed by atoms with Gasteiger partial charge in [0.1, 0.15) is 0 Å². The molecule has 2 aromatic rings. The molecule has 0 aliphatic carbocycles. The van der Waals surface area contributed by atoms with Crippen LogP contribution in [0, 0.1) is 0 Å². The summed E-state index contributed by atoms with van der Waals surface area (Å²) in [5.41, 5.74) is 7.29. The first-order valence-electron chi connectivity index (χ1n) is 5.62. The summed E-state index contributed by atoms with van der Waals surface area (Å²) < 4.78 is 6.38. The number of hydrogen-bond donors (Lipinski definition) is 2. The summed E-state index contributed by atoms with van der Waals surface area (Å²) in [5.74, 6) is -0.582. The van der Waals surface area contributed by atoms with E-state index < -0.39 is 5.76 Å². The molecule has 0 aliphatic rings. The first kappa shape index (κ1) is 15.3. The zero-order valence-electron chi connectivity index (χ0n) is 10.7. The van der Waals surface area contributed by atoms with E-state index in [-0.39, 0.29) is 30.8 Å². The molecule has 0 fully saturated rings. The second-order valence-electron chi connectivity index (χ2n) is 4.34. The zero-order valence-corrected chi connectivity index (χ0v) is 11.5. The monoisotopic (exact) mass is 285 g/mol. The van der Waals surface area contributed by atoms with E-state index in [0.717, 1.165) is 0 Å². The molecule has 104 valence electrons. The van der Waals surface area contributed by atoms with Crippen molar-refractivity contribution in [2.45, 2.75) is 19.4 Å². The molecular formula is C12H16ClN3O3. The number of carbonyl (C=O) groups is 1. The van der Waals surface area contributed by atoms with Gasteiger partial charge in [-0.25, -0.2) is 4.79 Å². The summed E-state index contributed by atoms with van der Waals surface area (Å²) in [6.45, 7) is 1.77. The third kappa shape index (κ3) is 3.36. The average molecular weight is 286 g/mol. The van der Waals surface area contributed by atoms with Gasteiger partial charge in [0.25, 0.3) is 0 Å². The first-order chi connectivity index (χ1) is 8.47. The van der Waals surface area contributed by atoms with Crippen molar-refractivity contribution < 1.29 is 9.21 Å². The van der Waals surface area contributed by atoms with E-state index in [2.05, 4.69) is 5.32 Å². The van der Waals surface area contributed by atoms with Crippen molar-refractivity contribution in [3.63, 3.8) is 0 Å². The third-order valence-corrected chi connectivity index (χ3v) is 2.58. The molecule has 1 amide bonds. The van der Waals surface area contributed by atoms with Crippen molar-refractivity contribution in [2.24, 2.45) is 12.8 Å². The van der Waals surface area contributed by atoms with Crippen LogP contribution in [0.3, 0.4) is 0 Å². The average Bonchev–Trinajstić information content (AvgIpc) is 2.54. The van der Waals surface area contributed by atoms with Gasteiger partial charge in [0.2, 0.25) is 5.91 Å². The highest BCUT2D eigenvalue weighted by Crippen LogP contribution is 2.17. The van der Waals surface area contributed by atoms with Crippen LogP contribution in [0.4, 0.5) is 5.69 Å². The number of nitrogens with one attached hydrogen (secondary N) is 1. The molecule has 0 bridgehead atoms. The Hall–Kier alpha value is -1.79. The van der Waals surface area contributed by atoms with Gasteiger partial charge in [0.05, 0.1) is 5.52 Å². The fourth-order valence-electron chi connectivity index (χ4n) is 1.71. The zero-order chi connectivity index (χ0) is 13.3. The molecule has 0 radical (unpaired) electrons. The van der Waals surface area contributed by atoms with E-state index in [0.29, 0.717) is 16.8 Å². The van der Waals surface area contributed by atoms with Crippen LogP contribution >= 0.6 is 12.4 Å². The number of amides is 1. The first-order valence-corrected chi connectivity index (χ1v) is 5.62. The SMILES string of the molecule is CC(N)CC(=O)Nc1ccc2oc(=O)n(C)c2c1.Cl. The molecule has 0 saturated carbocycles. The smallest absolute Gasteiger partial charge is 0.408 e. The summed E-state index contributed by atoms with van der Waals surface area (Å²) in [4.78, 5) is 22.9. The van der Waals surface area contributed by atoms with Gasteiger partial charge in [0, 0.05) is 25.2 Å². The van der Waals surface area contributed by atoms with E-state index in [1.165, 1.54) is 4.57 Å². The second kappa shape index (κ2) is 5.90. The molecule has 1 unspecified atom stereocenters. The predicted octanol–water partition coefficient (Wildman–Crippen LogP) is 1.23. The van der Waals surface area contributed by atoms with Crippen LogP contribution < -0.4 is 16.8 Å². The number of benzene rings is 1. The number of anilines is 1.